The van der Waals surface area contributed by atoms with Crippen LogP contribution in [0, 0.1) is 11.3 Å². The molecule has 5 nitrogen and oxygen atoms in total. The Balaban J connectivity index is 2.81. The lowest BCUT2D eigenvalue weighted by molar-refractivity contribution is -0.117. The predicted octanol–water partition coefficient (Wildman–Crippen LogP) is 5.87. The zero-order valence-corrected chi connectivity index (χ0v) is 21.2. The largest absolute Gasteiger partial charge is 0.372 e. The molecule has 1 heterocycles. The zero-order valence-electron chi connectivity index (χ0n) is 19.5. The standard InChI is InChI=1S/C21H42NO4PS/c1-11-18-19(16(6)17(7)25-18)26-27(22(14(2)3)15(4)5)24-12-13-28-20(23)21(8,9)10/h14-19H,11-13H2,1-10H3/t16-,17+,18-,19?,27?/m1/s1. The Bertz CT molecular complexity index is 476. The number of carbonyl (C=O) groups excluding carboxylic acids is 1. The van der Waals surface area contributed by atoms with Crippen LogP contribution in [0.25, 0.3) is 0 Å². The molecule has 0 N–H and O–H groups in total. The first kappa shape index (κ1) is 26.3. The first-order chi connectivity index (χ1) is 12.9. The summed E-state index contributed by atoms with van der Waals surface area (Å²) in [5.41, 5.74) is -0.324. The monoisotopic (exact) mass is 435 g/mol. The van der Waals surface area contributed by atoms with Gasteiger partial charge < -0.3 is 13.8 Å². The number of hydrogen-bond donors (Lipinski definition) is 0. The van der Waals surface area contributed by atoms with Crippen LogP contribution in [-0.4, -0.2) is 52.5 Å². The lowest BCUT2D eigenvalue weighted by Gasteiger charge is -2.38. The first-order valence-electron chi connectivity index (χ1n) is 10.6. The molecule has 7 heteroatoms. The van der Waals surface area contributed by atoms with E-state index in [0.29, 0.717) is 30.4 Å². The van der Waals surface area contributed by atoms with Crippen molar-refractivity contribution in [3.8, 4) is 0 Å². The molecular weight excluding hydrogens is 393 g/mol. The Morgan fingerprint density at radius 2 is 1.75 bits per heavy atom. The lowest BCUT2D eigenvalue weighted by Crippen LogP contribution is -2.37. The third-order valence-corrected chi connectivity index (χ3v) is 8.38. The van der Waals surface area contributed by atoms with Crippen LogP contribution >= 0.6 is 20.3 Å². The van der Waals surface area contributed by atoms with Crippen LogP contribution in [0.15, 0.2) is 0 Å². The SMILES string of the molecule is CC[C@H]1O[C@@H](C)[C@@H](C)C1OP(OCCSC(=O)C(C)(C)C)N(C(C)C)C(C)C. The summed E-state index contributed by atoms with van der Waals surface area (Å²) in [6.45, 7) is 21.5. The molecule has 0 amide bonds. The van der Waals surface area contributed by atoms with Gasteiger partial charge in [0.2, 0.25) is 0 Å². The van der Waals surface area contributed by atoms with Gasteiger partial charge in [-0.25, -0.2) is 4.67 Å². The van der Waals surface area contributed by atoms with E-state index in [1.165, 1.54) is 11.8 Å². The second-order valence-corrected chi connectivity index (χ2v) is 11.7. The minimum absolute atomic E-state index is 0.0370. The first-order valence-corrected chi connectivity index (χ1v) is 12.7. The third-order valence-electron chi connectivity index (χ3n) is 5.01. The summed E-state index contributed by atoms with van der Waals surface area (Å²) in [4.78, 5) is 12.2. The topological polar surface area (TPSA) is 48.0 Å². The number of hydrogen-bond acceptors (Lipinski definition) is 6. The van der Waals surface area contributed by atoms with Crippen LogP contribution in [0.5, 0.6) is 0 Å². The highest BCUT2D eigenvalue weighted by Crippen LogP contribution is 2.50. The fraction of sp³-hybridized carbons (Fsp3) is 0.952. The van der Waals surface area contributed by atoms with E-state index in [2.05, 4.69) is 53.1 Å². The highest BCUT2D eigenvalue weighted by Gasteiger charge is 2.43. The third kappa shape index (κ3) is 7.52. The summed E-state index contributed by atoms with van der Waals surface area (Å²) < 4.78 is 21.3. The molecule has 0 spiro atoms. The van der Waals surface area contributed by atoms with E-state index in [-0.39, 0.29) is 28.8 Å². The van der Waals surface area contributed by atoms with Crippen LogP contribution < -0.4 is 0 Å². The van der Waals surface area contributed by atoms with Gasteiger partial charge in [0.25, 0.3) is 8.53 Å². The maximum absolute atomic E-state index is 12.2. The summed E-state index contributed by atoms with van der Waals surface area (Å²) in [7, 11) is -1.22. The van der Waals surface area contributed by atoms with Crippen molar-refractivity contribution >= 4 is 25.4 Å². The molecular formula is C21H42NO4PS. The minimum Gasteiger partial charge on any atom is -0.372 e. The van der Waals surface area contributed by atoms with E-state index in [9.17, 15) is 4.79 Å². The van der Waals surface area contributed by atoms with E-state index in [1.807, 2.05) is 20.8 Å². The van der Waals surface area contributed by atoms with Crippen molar-refractivity contribution in [2.75, 3.05) is 12.4 Å². The van der Waals surface area contributed by atoms with Gasteiger partial charge in [0, 0.05) is 29.2 Å². The van der Waals surface area contributed by atoms with Crippen molar-refractivity contribution in [1.82, 2.24) is 4.67 Å². The number of thioether (sulfide) groups is 1. The van der Waals surface area contributed by atoms with E-state index in [0.717, 1.165) is 6.42 Å². The molecule has 166 valence electrons. The molecule has 0 saturated carbocycles. The van der Waals surface area contributed by atoms with Gasteiger partial charge in [-0.2, -0.15) is 0 Å². The summed E-state index contributed by atoms with van der Waals surface area (Å²) in [5, 5.41) is 0.198. The quantitative estimate of drug-likeness (QED) is 0.316. The Morgan fingerprint density at radius 3 is 2.21 bits per heavy atom. The number of carbonyl (C=O) groups is 1. The van der Waals surface area contributed by atoms with E-state index >= 15 is 0 Å². The average Bonchev–Trinajstić information content (AvgIpc) is 2.84. The molecule has 1 fully saturated rings. The smallest absolute Gasteiger partial charge is 0.259 e. The van der Waals surface area contributed by atoms with Gasteiger partial charge >= 0.3 is 0 Å². The molecule has 0 bridgehead atoms. The van der Waals surface area contributed by atoms with Crippen LogP contribution in [0.2, 0.25) is 0 Å². The lowest BCUT2D eigenvalue weighted by atomic mass is 9.98. The molecule has 1 saturated heterocycles. The Morgan fingerprint density at radius 1 is 1.18 bits per heavy atom. The van der Waals surface area contributed by atoms with Crippen molar-refractivity contribution in [3.05, 3.63) is 0 Å². The molecule has 0 aliphatic carbocycles. The molecule has 0 aromatic heterocycles. The molecule has 5 atom stereocenters. The second-order valence-electron chi connectivity index (χ2n) is 9.24. The fourth-order valence-electron chi connectivity index (χ4n) is 3.27. The minimum atomic E-state index is -1.22. The molecule has 28 heavy (non-hydrogen) atoms. The maximum atomic E-state index is 12.2. The van der Waals surface area contributed by atoms with Gasteiger partial charge in [-0.1, -0.05) is 46.4 Å². The van der Waals surface area contributed by atoms with Gasteiger partial charge in [0.05, 0.1) is 24.9 Å². The Labute approximate surface area is 178 Å². The van der Waals surface area contributed by atoms with Crippen molar-refractivity contribution in [1.29, 1.82) is 0 Å². The van der Waals surface area contributed by atoms with Crippen LogP contribution in [0.1, 0.15) is 75.7 Å². The average molecular weight is 436 g/mol. The van der Waals surface area contributed by atoms with Crippen LogP contribution in [0.4, 0.5) is 0 Å². The van der Waals surface area contributed by atoms with Crippen molar-refractivity contribution in [2.45, 2.75) is 106 Å². The molecule has 1 aliphatic rings. The van der Waals surface area contributed by atoms with E-state index in [1.54, 1.807) is 0 Å². The van der Waals surface area contributed by atoms with Crippen molar-refractivity contribution < 1.29 is 18.6 Å². The van der Waals surface area contributed by atoms with E-state index in [4.69, 9.17) is 13.8 Å². The highest BCUT2D eigenvalue weighted by atomic mass is 32.2. The van der Waals surface area contributed by atoms with Gasteiger partial charge in [-0.3, -0.25) is 4.79 Å². The highest BCUT2D eigenvalue weighted by molar-refractivity contribution is 8.13. The number of ether oxygens (including phenoxy) is 1. The number of rotatable bonds is 10. The molecule has 0 radical (unpaired) electrons. The summed E-state index contributed by atoms with van der Waals surface area (Å²) in [6, 6.07) is 0.621. The van der Waals surface area contributed by atoms with Crippen LogP contribution in [-0.2, 0) is 18.6 Å². The summed E-state index contributed by atoms with van der Waals surface area (Å²) in [5.74, 6) is 0.976. The molecule has 1 rings (SSSR count). The summed E-state index contributed by atoms with van der Waals surface area (Å²) in [6.07, 6.45) is 1.27. The zero-order chi connectivity index (χ0) is 21.6. The Hall–Kier alpha value is 0.290. The molecule has 0 aromatic rings. The Kier molecular flexibility index (Phi) is 10.9. The normalized spacial score (nSPS) is 27.2. The molecule has 0 aromatic carbocycles. The van der Waals surface area contributed by atoms with Crippen LogP contribution in [0.3, 0.4) is 0 Å². The van der Waals surface area contributed by atoms with E-state index < -0.39 is 8.53 Å². The summed E-state index contributed by atoms with van der Waals surface area (Å²) >= 11 is 1.35. The number of nitrogens with zero attached hydrogens (tertiary/aromatic N) is 1. The molecule has 2 unspecified atom stereocenters. The molecule has 1 aliphatic heterocycles. The van der Waals surface area contributed by atoms with Gasteiger partial charge in [0.1, 0.15) is 0 Å². The van der Waals surface area contributed by atoms with Gasteiger partial charge in [-0.15, -0.1) is 0 Å². The predicted molar refractivity (Wildman–Crippen MR) is 121 cm³/mol. The van der Waals surface area contributed by atoms with Gasteiger partial charge in [0.15, 0.2) is 5.12 Å². The maximum Gasteiger partial charge on any atom is 0.259 e. The van der Waals surface area contributed by atoms with Gasteiger partial charge in [-0.05, 0) is 41.0 Å². The second kappa shape index (κ2) is 11.6. The van der Waals surface area contributed by atoms with Crippen molar-refractivity contribution in [3.63, 3.8) is 0 Å². The van der Waals surface area contributed by atoms with Crippen molar-refractivity contribution in [2.24, 2.45) is 11.3 Å². The fourth-order valence-corrected chi connectivity index (χ4v) is 6.02.